The van der Waals surface area contributed by atoms with Gasteiger partial charge < -0.3 is 19.3 Å². The largest absolute Gasteiger partial charge is 0.487 e. The second-order valence-corrected chi connectivity index (χ2v) is 9.57. The Labute approximate surface area is 201 Å². The van der Waals surface area contributed by atoms with Gasteiger partial charge in [0.2, 0.25) is 0 Å². The van der Waals surface area contributed by atoms with Gasteiger partial charge in [-0.05, 0) is 75.1 Å². The highest BCUT2D eigenvalue weighted by molar-refractivity contribution is 7.08. The first-order chi connectivity index (χ1) is 16.6. The van der Waals surface area contributed by atoms with Crippen LogP contribution in [-0.2, 0) is 21.7 Å². The molecule has 2 aliphatic rings. The molecule has 1 N–H and O–H groups in total. The Morgan fingerprint density at radius 3 is 2.94 bits per heavy atom. The van der Waals surface area contributed by atoms with Crippen LogP contribution < -0.4 is 4.74 Å². The molecule has 0 radical (unpaired) electrons. The highest BCUT2D eigenvalue weighted by atomic mass is 32.1. The number of nitriles is 1. The highest BCUT2D eigenvalue weighted by Gasteiger charge is 2.46. The first-order valence-corrected chi connectivity index (χ1v) is 12.1. The number of thiophene rings is 1. The van der Waals surface area contributed by atoms with Crippen molar-refractivity contribution in [1.82, 2.24) is 4.98 Å². The second-order valence-electron chi connectivity index (χ2n) is 8.79. The molecule has 34 heavy (non-hydrogen) atoms. The van der Waals surface area contributed by atoms with Crippen molar-refractivity contribution in [2.24, 2.45) is 0 Å². The summed E-state index contributed by atoms with van der Waals surface area (Å²) in [6.45, 7) is 0.782. The topological polar surface area (TPSA) is 84.6 Å². The van der Waals surface area contributed by atoms with Crippen molar-refractivity contribution in [2.45, 2.75) is 37.4 Å². The summed E-state index contributed by atoms with van der Waals surface area (Å²) in [6, 6.07) is 19.7. The molecule has 0 aliphatic carbocycles. The van der Waals surface area contributed by atoms with Gasteiger partial charge in [0, 0.05) is 12.8 Å². The summed E-state index contributed by atoms with van der Waals surface area (Å²) in [5.41, 5.74) is 3.05. The Balaban J connectivity index is 1.24. The molecule has 3 atom stereocenters. The van der Waals surface area contributed by atoms with Gasteiger partial charge in [-0.1, -0.05) is 12.1 Å². The van der Waals surface area contributed by atoms with E-state index in [0.717, 1.165) is 27.6 Å². The van der Waals surface area contributed by atoms with Crippen molar-refractivity contribution >= 4 is 22.1 Å². The molecule has 4 aromatic rings. The van der Waals surface area contributed by atoms with Gasteiger partial charge in [0.25, 0.3) is 0 Å². The molecule has 7 heteroatoms. The minimum atomic E-state index is -1.06. The third-order valence-electron chi connectivity index (χ3n) is 6.44. The molecule has 2 bridgehead atoms. The molecule has 2 aromatic carbocycles. The van der Waals surface area contributed by atoms with Gasteiger partial charge in [-0.25, -0.2) is 0 Å². The minimum Gasteiger partial charge on any atom is -0.487 e. The van der Waals surface area contributed by atoms with Crippen LogP contribution in [-0.4, -0.2) is 29.1 Å². The van der Waals surface area contributed by atoms with E-state index in [9.17, 15) is 10.4 Å². The van der Waals surface area contributed by atoms with Gasteiger partial charge in [0.15, 0.2) is 6.29 Å². The molecule has 0 amide bonds. The lowest BCUT2D eigenvalue weighted by atomic mass is 9.87. The number of ether oxygens (including phenoxy) is 3. The van der Waals surface area contributed by atoms with Crippen LogP contribution in [0, 0.1) is 11.3 Å². The van der Waals surface area contributed by atoms with Crippen LogP contribution >= 0.6 is 11.3 Å². The Hall–Kier alpha value is -3.28. The van der Waals surface area contributed by atoms with E-state index < -0.39 is 5.60 Å². The number of nitrogens with zero attached hydrogens (tertiary/aromatic N) is 2. The van der Waals surface area contributed by atoms with Crippen molar-refractivity contribution in [3.63, 3.8) is 0 Å². The Kier molecular flexibility index (Phi) is 5.31. The molecule has 4 heterocycles. The lowest BCUT2D eigenvalue weighted by Gasteiger charge is -2.34. The van der Waals surface area contributed by atoms with Crippen LogP contribution in [0.5, 0.6) is 5.75 Å². The molecule has 2 aromatic heterocycles. The average Bonchev–Trinajstić information content (AvgIpc) is 3.52. The van der Waals surface area contributed by atoms with E-state index >= 15 is 0 Å². The fraction of sp³-hybridized carbons (Fsp3) is 0.259. The highest BCUT2D eigenvalue weighted by Crippen LogP contribution is 2.40. The van der Waals surface area contributed by atoms with E-state index in [1.807, 2.05) is 53.9 Å². The lowest BCUT2D eigenvalue weighted by Crippen LogP contribution is -2.40. The second kappa shape index (κ2) is 8.49. The number of aromatic nitrogens is 1. The van der Waals surface area contributed by atoms with E-state index in [-0.39, 0.29) is 19.0 Å². The van der Waals surface area contributed by atoms with Crippen molar-refractivity contribution in [1.29, 1.82) is 5.26 Å². The van der Waals surface area contributed by atoms with Crippen LogP contribution in [0.2, 0.25) is 0 Å². The number of rotatable bonds is 5. The molecule has 6 nitrogen and oxygen atoms in total. The maximum absolute atomic E-state index is 11.2. The zero-order valence-electron chi connectivity index (χ0n) is 18.3. The van der Waals surface area contributed by atoms with Crippen molar-refractivity contribution in [2.75, 3.05) is 6.61 Å². The summed E-state index contributed by atoms with van der Waals surface area (Å²) >= 11 is 1.63. The lowest BCUT2D eigenvalue weighted by molar-refractivity contribution is -0.160. The van der Waals surface area contributed by atoms with Gasteiger partial charge in [-0.2, -0.15) is 16.6 Å². The van der Waals surface area contributed by atoms with E-state index in [2.05, 4.69) is 22.5 Å². The molecule has 6 rings (SSSR count). The quantitative estimate of drug-likeness (QED) is 0.435. The fourth-order valence-electron chi connectivity index (χ4n) is 4.80. The monoisotopic (exact) mass is 470 g/mol. The first-order valence-electron chi connectivity index (χ1n) is 11.2. The van der Waals surface area contributed by atoms with Crippen LogP contribution in [0.15, 0.2) is 65.4 Å². The smallest absolute Gasteiger partial charge is 0.161 e. The van der Waals surface area contributed by atoms with Crippen LogP contribution in [0.4, 0.5) is 0 Å². The van der Waals surface area contributed by atoms with E-state index in [1.165, 1.54) is 0 Å². The zero-order chi connectivity index (χ0) is 23.1. The summed E-state index contributed by atoms with van der Waals surface area (Å²) in [5.74, 6) is 0.697. The Morgan fingerprint density at radius 2 is 2.12 bits per heavy atom. The van der Waals surface area contributed by atoms with Crippen molar-refractivity contribution < 1.29 is 19.3 Å². The van der Waals surface area contributed by atoms with E-state index in [0.29, 0.717) is 36.5 Å². The van der Waals surface area contributed by atoms with Crippen LogP contribution in [0.25, 0.3) is 21.9 Å². The zero-order valence-corrected chi connectivity index (χ0v) is 19.1. The van der Waals surface area contributed by atoms with Gasteiger partial charge in [-0.3, -0.25) is 4.98 Å². The summed E-state index contributed by atoms with van der Waals surface area (Å²) in [6.07, 6.45) is 0.374. The van der Waals surface area contributed by atoms with Gasteiger partial charge in [-0.15, -0.1) is 0 Å². The third-order valence-corrected chi connectivity index (χ3v) is 7.12. The van der Waals surface area contributed by atoms with Crippen LogP contribution in [0.1, 0.15) is 29.8 Å². The SMILES string of the molecule is N#Cc1cc(-c2ccsc2)c2ccc(OCc3cccc(C4(O)CC5COC(C4)O5)n3)cc2c1. The van der Waals surface area contributed by atoms with Gasteiger partial charge >= 0.3 is 0 Å². The minimum absolute atomic E-state index is 0.0969. The summed E-state index contributed by atoms with van der Waals surface area (Å²) in [4.78, 5) is 4.69. The van der Waals surface area contributed by atoms with Gasteiger partial charge in [0.1, 0.15) is 18.0 Å². The average molecular weight is 471 g/mol. The molecule has 0 saturated carbocycles. The fourth-order valence-corrected chi connectivity index (χ4v) is 5.46. The summed E-state index contributed by atoms with van der Waals surface area (Å²) < 4.78 is 17.3. The molecule has 2 saturated heterocycles. The summed E-state index contributed by atoms with van der Waals surface area (Å²) in [7, 11) is 0. The number of hydrogen-bond acceptors (Lipinski definition) is 7. The number of fused-ring (bicyclic) bond motifs is 3. The molecular weight excluding hydrogens is 448 g/mol. The Morgan fingerprint density at radius 1 is 1.18 bits per heavy atom. The number of aliphatic hydroxyl groups is 1. The number of pyridine rings is 1. The maximum atomic E-state index is 11.2. The molecule has 170 valence electrons. The standard InChI is InChI=1S/C27H22N2O4S/c28-13-17-8-19-10-21(4-5-23(19)24(9-17)18-6-7-34-16-18)31-14-20-2-1-3-25(29-20)27(30)11-22-15-32-26(12-27)33-22/h1-10,16,22,26,30H,11-12,14-15H2. The summed E-state index contributed by atoms with van der Waals surface area (Å²) in [5, 5.41) is 26.9. The maximum Gasteiger partial charge on any atom is 0.161 e. The molecule has 2 aliphatic heterocycles. The first kappa shape index (κ1) is 21.3. The van der Waals surface area contributed by atoms with E-state index in [1.54, 1.807) is 11.3 Å². The molecule has 2 fully saturated rings. The predicted molar refractivity (Wildman–Crippen MR) is 128 cm³/mol. The molecule has 3 unspecified atom stereocenters. The number of benzene rings is 2. The molecular formula is C27H22N2O4S. The third kappa shape index (κ3) is 3.95. The number of hydrogen-bond donors (Lipinski definition) is 1. The van der Waals surface area contributed by atoms with Crippen molar-refractivity contribution in [3.05, 3.63) is 82.3 Å². The van der Waals surface area contributed by atoms with E-state index in [4.69, 9.17) is 14.2 Å². The molecule has 0 spiro atoms. The normalized spacial score (nSPS) is 23.6. The van der Waals surface area contributed by atoms with Crippen molar-refractivity contribution in [3.8, 4) is 22.9 Å². The van der Waals surface area contributed by atoms with Gasteiger partial charge in [0.05, 0.1) is 35.7 Å². The van der Waals surface area contributed by atoms with Crippen LogP contribution in [0.3, 0.4) is 0 Å². The predicted octanol–water partition coefficient (Wildman–Crippen LogP) is 5.14. The Bertz CT molecular complexity index is 1380.